The maximum Gasteiger partial charge on any atom is 0.0828 e. The zero-order valence-electron chi connectivity index (χ0n) is 9.42. The van der Waals surface area contributed by atoms with Crippen molar-refractivity contribution >= 4 is 0 Å². The molecule has 0 aromatic rings. The van der Waals surface area contributed by atoms with Crippen LogP contribution in [0.2, 0.25) is 0 Å². The van der Waals surface area contributed by atoms with Gasteiger partial charge in [0.25, 0.3) is 0 Å². The van der Waals surface area contributed by atoms with E-state index in [4.69, 9.17) is 4.74 Å². The van der Waals surface area contributed by atoms with Gasteiger partial charge in [0.15, 0.2) is 0 Å². The molecule has 0 aromatic heterocycles. The summed E-state index contributed by atoms with van der Waals surface area (Å²) in [4.78, 5) is 0. The van der Waals surface area contributed by atoms with Crippen LogP contribution in [-0.4, -0.2) is 23.9 Å². The van der Waals surface area contributed by atoms with E-state index in [1.807, 2.05) is 6.92 Å². The highest BCUT2D eigenvalue weighted by molar-refractivity contribution is 4.62. The van der Waals surface area contributed by atoms with E-state index in [1.54, 1.807) is 6.92 Å². The lowest BCUT2D eigenvalue weighted by atomic mass is 10.1. The van der Waals surface area contributed by atoms with Crippen LogP contribution in [0, 0.1) is 5.92 Å². The number of aliphatic hydroxyl groups excluding tert-OH is 1. The Bertz CT molecular complexity index is 113. The van der Waals surface area contributed by atoms with Gasteiger partial charge in [-0.2, -0.15) is 0 Å². The Hall–Kier alpha value is -0.0800. The highest BCUT2D eigenvalue weighted by Gasteiger charge is 2.13. The number of hydrogen-bond acceptors (Lipinski definition) is 2. The fourth-order valence-corrected chi connectivity index (χ4v) is 1.46. The highest BCUT2D eigenvalue weighted by Crippen LogP contribution is 2.10. The molecule has 3 unspecified atom stereocenters. The average molecular weight is 188 g/mol. The summed E-state index contributed by atoms with van der Waals surface area (Å²) in [5, 5.41) is 9.33. The molecule has 0 fully saturated rings. The van der Waals surface area contributed by atoms with Gasteiger partial charge < -0.3 is 9.84 Å². The van der Waals surface area contributed by atoms with Gasteiger partial charge in [-0.25, -0.2) is 0 Å². The Morgan fingerprint density at radius 2 is 1.85 bits per heavy atom. The molecule has 0 saturated heterocycles. The van der Waals surface area contributed by atoms with Crippen LogP contribution in [0.25, 0.3) is 0 Å². The molecule has 13 heavy (non-hydrogen) atoms. The van der Waals surface area contributed by atoms with Crippen LogP contribution < -0.4 is 0 Å². The normalized spacial score (nSPS) is 18.2. The van der Waals surface area contributed by atoms with E-state index in [2.05, 4.69) is 13.8 Å². The van der Waals surface area contributed by atoms with Crippen LogP contribution in [0.3, 0.4) is 0 Å². The van der Waals surface area contributed by atoms with Gasteiger partial charge in [-0.15, -0.1) is 0 Å². The largest absolute Gasteiger partial charge is 0.391 e. The first-order chi connectivity index (χ1) is 6.11. The van der Waals surface area contributed by atoms with Crippen LogP contribution in [-0.2, 0) is 4.74 Å². The zero-order chi connectivity index (χ0) is 10.3. The Balaban J connectivity index is 3.59. The Morgan fingerprint density at radius 1 is 1.23 bits per heavy atom. The summed E-state index contributed by atoms with van der Waals surface area (Å²) < 4.78 is 5.62. The lowest BCUT2D eigenvalue weighted by molar-refractivity contribution is -0.0426. The van der Waals surface area contributed by atoms with Crippen LogP contribution in [0.1, 0.15) is 47.0 Å². The molecular weight excluding hydrogens is 164 g/mol. The number of ether oxygens (including phenoxy) is 1. The second-order valence-electron chi connectivity index (χ2n) is 3.91. The molecule has 0 saturated carbocycles. The summed E-state index contributed by atoms with van der Waals surface area (Å²) in [6, 6.07) is 0. The standard InChI is InChI=1S/C11H24O2/c1-5-7-9(3)8-13-11(6-2)10(4)12/h9-12H,5-8H2,1-4H3. The third-order valence-electron chi connectivity index (χ3n) is 2.32. The fraction of sp³-hybridized carbons (Fsp3) is 1.00. The van der Waals surface area contributed by atoms with Gasteiger partial charge in [-0.1, -0.05) is 27.2 Å². The van der Waals surface area contributed by atoms with Crippen molar-refractivity contribution in [3.8, 4) is 0 Å². The van der Waals surface area contributed by atoms with Gasteiger partial charge in [-0.3, -0.25) is 0 Å². The molecule has 0 bridgehead atoms. The number of aliphatic hydroxyl groups is 1. The van der Waals surface area contributed by atoms with Crippen LogP contribution in [0.5, 0.6) is 0 Å². The summed E-state index contributed by atoms with van der Waals surface area (Å²) in [6.07, 6.45) is 2.96. The monoisotopic (exact) mass is 188 g/mol. The SMILES string of the molecule is CCCC(C)COC(CC)C(C)O. The summed E-state index contributed by atoms with van der Waals surface area (Å²) >= 11 is 0. The molecule has 3 atom stereocenters. The Morgan fingerprint density at radius 3 is 2.23 bits per heavy atom. The van der Waals surface area contributed by atoms with Crippen molar-refractivity contribution in [2.45, 2.75) is 59.2 Å². The van der Waals surface area contributed by atoms with E-state index in [9.17, 15) is 5.11 Å². The maximum atomic E-state index is 9.33. The molecule has 0 spiro atoms. The molecule has 0 heterocycles. The van der Waals surface area contributed by atoms with E-state index >= 15 is 0 Å². The van der Waals surface area contributed by atoms with E-state index < -0.39 is 0 Å². The summed E-state index contributed by atoms with van der Waals surface area (Å²) in [5.74, 6) is 0.609. The van der Waals surface area contributed by atoms with E-state index in [-0.39, 0.29) is 12.2 Å². The Labute approximate surface area is 82.3 Å². The molecule has 0 aromatic carbocycles. The van der Waals surface area contributed by atoms with Gasteiger partial charge in [0, 0.05) is 6.61 Å². The third kappa shape index (κ3) is 6.05. The van der Waals surface area contributed by atoms with E-state index in [0.29, 0.717) is 5.92 Å². The molecule has 0 aliphatic rings. The van der Waals surface area contributed by atoms with E-state index in [0.717, 1.165) is 13.0 Å². The second-order valence-corrected chi connectivity index (χ2v) is 3.91. The zero-order valence-corrected chi connectivity index (χ0v) is 9.42. The summed E-state index contributed by atoms with van der Waals surface area (Å²) in [5.41, 5.74) is 0. The third-order valence-corrected chi connectivity index (χ3v) is 2.32. The summed E-state index contributed by atoms with van der Waals surface area (Å²) in [6.45, 7) is 8.98. The lowest BCUT2D eigenvalue weighted by Crippen LogP contribution is -2.27. The van der Waals surface area contributed by atoms with Crippen LogP contribution in [0.15, 0.2) is 0 Å². The molecule has 0 amide bonds. The molecule has 80 valence electrons. The van der Waals surface area contributed by atoms with Crippen LogP contribution in [0.4, 0.5) is 0 Å². The van der Waals surface area contributed by atoms with Crippen molar-refractivity contribution in [3.05, 3.63) is 0 Å². The number of hydrogen-bond donors (Lipinski definition) is 1. The van der Waals surface area contributed by atoms with Crippen molar-refractivity contribution in [2.24, 2.45) is 5.92 Å². The smallest absolute Gasteiger partial charge is 0.0828 e. The molecular formula is C11H24O2. The summed E-state index contributed by atoms with van der Waals surface area (Å²) in [7, 11) is 0. The van der Waals surface area contributed by atoms with E-state index in [1.165, 1.54) is 12.8 Å². The first kappa shape index (κ1) is 12.9. The van der Waals surface area contributed by atoms with Crippen molar-refractivity contribution < 1.29 is 9.84 Å². The first-order valence-electron chi connectivity index (χ1n) is 5.41. The lowest BCUT2D eigenvalue weighted by Gasteiger charge is -2.21. The van der Waals surface area contributed by atoms with Crippen molar-refractivity contribution in [1.82, 2.24) is 0 Å². The topological polar surface area (TPSA) is 29.5 Å². The molecule has 2 nitrogen and oxygen atoms in total. The van der Waals surface area contributed by atoms with Gasteiger partial charge in [0.2, 0.25) is 0 Å². The van der Waals surface area contributed by atoms with Gasteiger partial charge >= 0.3 is 0 Å². The average Bonchev–Trinajstić information content (AvgIpc) is 2.05. The predicted molar refractivity (Wildman–Crippen MR) is 55.8 cm³/mol. The van der Waals surface area contributed by atoms with Crippen molar-refractivity contribution in [3.63, 3.8) is 0 Å². The van der Waals surface area contributed by atoms with Crippen molar-refractivity contribution in [1.29, 1.82) is 0 Å². The molecule has 0 radical (unpaired) electrons. The number of rotatable bonds is 7. The van der Waals surface area contributed by atoms with Crippen molar-refractivity contribution in [2.75, 3.05) is 6.61 Å². The molecule has 0 aliphatic heterocycles. The molecule has 0 rings (SSSR count). The predicted octanol–water partition coefficient (Wildman–Crippen LogP) is 2.60. The molecule has 0 aliphatic carbocycles. The van der Waals surface area contributed by atoms with Gasteiger partial charge in [-0.05, 0) is 25.7 Å². The second kappa shape index (κ2) is 7.34. The highest BCUT2D eigenvalue weighted by atomic mass is 16.5. The Kier molecular flexibility index (Phi) is 7.29. The minimum atomic E-state index is -0.348. The maximum absolute atomic E-state index is 9.33. The minimum absolute atomic E-state index is 0.0132. The first-order valence-corrected chi connectivity index (χ1v) is 5.41. The minimum Gasteiger partial charge on any atom is -0.391 e. The van der Waals surface area contributed by atoms with Gasteiger partial charge in [0.05, 0.1) is 12.2 Å². The molecule has 2 heteroatoms. The quantitative estimate of drug-likeness (QED) is 0.665. The molecule has 1 N–H and O–H groups in total. The van der Waals surface area contributed by atoms with Crippen LogP contribution >= 0.6 is 0 Å². The fourth-order valence-electron chi connectivity index (χ4n) is 1.46. The van der Waals surface area contributed by atoms with Gasteiger partial charge in [0.1, 0.15) is 0 Å².